The summed E-state index contributed by atoms with van der Waals surface area (Å²) in [5.74, 6) is 0.773. The van der Waals surface area contributed by atoms with Crippen LogP contribution in [-0.2, 0) is 13.0 Å². The summed E-state index contributed by atoms with van der Waals surface area (Å²) < 4.78 is 1.91. The molecule has 0 radical (unpaired) electrons. The van der Waals surface area contributed by atoms with E-state index in [9.17, 15) is 0 Å². The first-order chi connectivity index (χ1) is 12.7. The molecule has 0 unspecified atom stereocenters. The van der Waals surface area contributed by atoms with Gasteiger partial charge in [0, 0.05) is 5.69 Å². The Morgan fingerprint density at radius 2 is 1.65 bits per heavy atom. The minimum atomic E-state index is 0.686. The lowest BCUT2D eigenvalue weighted by Gasteiger charge is -2.08. The number of hydrogen-bond donors (Lipinski definition) is 1. The van der Waals surface area contributed by atoms with Crippen molar-refractivity contribution >= 4 is 22.5 Å². The van der Waals surface area contributed by atoms with Gasteiger partial charge in [0.05, 0.1) is 18.1 Å². The van der Waals surface area contributed by atoms with Gasteiger partial charge >= 0.3 is 0 Å². The molecule has 0 saturated carbocycles. The number of nitrogens with one attached hydrogen (secondary N) is 1. The second-order valence-corrected chi connectivity index (χ2v) is 6.42. The zero-order valence-corrected chi connectivity index (χ0v) is 15.0. The summed E-state index contributed by atoms with van der Waals surface area (Å²) in [4.78, 5) is 8.84. The summed E-state index contributed by atoms with van der Waals surface area (Å²) in [7, 11) is 0. The van der Waals surface area contributed by atoms with Crippen LogP contribution in [0.1, 0.15) is 23.6 Å². The third-order valence-electron chi connectivity index (χ3n) is 4.51. The molecule has 0 bridgehead atoms. The summed E-state index contributed by atoms with van der Waals surface area (Å²) in [6.45, 7) is 4.93. The molecule has 2 aromatic heterocycles. The van der Waals surface area contributed by atoms with Crippen LogP contribution in [0.15, 0.2) is 61.1 Å². The lowest BCUT2D eigenvalue weighted by molar-refractivity contribution is 0.703. The zero-order chi connectivity index (χ0) is 17.9. The average Bonchev–Trinajstić information content (AvgIpc) is 3.08. The average molecular weight is 343 g/mol. The lowest BCUT2D eigenvalue weighted by atomic mass is 10.1. The predicted octanol–water partition coefficient (Wildman–Crippen LogP) is 4.49. The first kappa shape index (κ1) is 16.3. The molecular formula is C21H21N5. The molecular weight excluding hydrogens is 322 g/mol. The van der Waals surface area contributed by atoms with E-state index in [2.05, 4.69) is 82.8 Å². The number of rotatable bonds is 5. The van der Waals surface area contributed by atoms with Gasteiger partial charge < -0.3 is 5.32 Å². The Morgan fingerprint density at radius 1 is 0.923 bits per heavy atom. The number of benzene rings is 2. The van der Waals surface area contributed by atoms with E-state index in [1.807, 2.05) is 10.9 Å². The summed E-state index contributed by atoms with van der Waals surface area (Å²) in [5.41, 5.74) is 5.60. The summed E-state index contributed by atoms with van der Waals surface area (Å²) in [6.07, 6.45) is 4.44. The third-order valence-corrected chi connectivity index (χ3v) is 4.51. The molecule has 4 aromatic rings. The molecule has 0 fully saturated rings. The van der Waals surface area contributed by atoms with Crippen LogP contribution in [0.25, 0.3) is 11.0 Å². The number of hydrogen-bond acceptors (Lipinski definition) is 4. The molecule has 1 N–H and O–H groups in total. The maximum atomic E-state index is 4.52. The van der Waals surface area contributed by atoms with Crippen LogP contribution in [0.4, 0.5) is 11.5 Å². The largest absolute Gasteiger partial charge is 0.340 e. The quantitative estimate of drug-likeness (QED) is 0.580. The lowest BCUT2D eigenvalue weighted by Crippen LogP contribution is -2.03. The maximum Gasteiger partial charge on any atom is 0.163 e. The van der Waals surface area contributed by atoms with Gasteiger partial charge in [-0.15, -0.1) is 0 Å². The maximum absolute atomic E-state index is 4.52. The Labute approximate surface area is 152 Å². The highest BCUT2D eigenvalue weighted by molar-refractivity contribution is 5.88. The molecule has 2 heterocycles. The van der Waals surface area contributed by atoms with Gasteiger partial charge in [0.15, 0.2) is 5.65 Å². The molecule has 0 amide bonds. The van der Waals surface area contributed by atoms with Crippen molar-refractivity contribution in [1.82, 2.24) is 19.7 Å². The second-order valence-electron chi connectivity index (χ2n) is 6.42. The molecule has 130 valence electrons. The van der Waals surface area contributed by atoms with Crippen LogP contribution < -0.4 is 5.32 Å². The van der Waals surface area contributed by atoms with Crippen LogP contribution in [0, 0.1) is 6.92 Å². The third kappa shape index (κ3) is 3.28. The van der Waals surface area contributed by atoms with E-state index < -0.39 is 0 Å². The van der Waals surface area contributed by atoms with E-state index in [4.69, 9.17) is 0 Å². The fraction of sp³-hybridized carbons (Fsp3) is 0.190. The topological polar surface area (TPSA) is 55.6 Å². The van der Waals surface area contributed by atoms with Crippen molar-refractivity contribution in [2.24, 2.45) is 0 Å². The van der Waals surface area contributed by atoms with Gasteiger partial charge in [0.2, 0.25) is 0 Å². The first-order valence-corrected chi connectivity index (χ1v) is 8.81. The summed E-state index contributed by atoms with van der Waals surface area (Å²) in [6, 6.07) is 16.9. The standard InChI is InChI=1S/C21H21N5/c1-3-16-8-10-18(11-9-16)25-20-19-12-24-26(21(19)23-14-22-20)13-17-6-4-15(2)5-7-17/h4-12,14H,3,13H2,1-2H3,(H,22,23,25). The molecule has 0 aliphatic heterocycles. The minimum absolute atomic E-state index is 0.686. The van der Waals surface area contributed by atoms with E-state index in [0.29, 0.717) is 6.54 Å². The van der Waals surface area contributed by atoms with Crippen molar-refractivity contribution in [3.05, 3.63) is 77.7 Å². The zero-order valence-electron chi connectivity index (χ0n) is 15.0. The van der Waals surface area contributed by atoms with Crippen molar-refractivity contribution in [3.8, 4) is 0 Å². The molecule has 5 nitrogen and oxygen atoms in total. The SMILES string of the molecule is CCc1ccc(Nc2ncnc3c2cnn3Cc2ccc(C)cc2)cc1. The molecule has 0 atom stereocenters. The molecule has 0 saturated heterocycles. The van der Waals surface area contributed by atoms with Crippen LogP contribution >= 0.6 is 0 Å². The van der Waals surface area contributed by atoms with E-state index in [1.165, 1.54) is 16.7 Å². The van der Waals surface area contributed by atoms with Gasteiger partial charge in [-0.25, -0.2) is 14.6 Å². The fourth-order valence-electron chi connectivity index (χ4n) is 2.94. The Balaban J connectivity index is 1.62. The molecule has 26 heavy (non-hydrogen) atoms. The van der Waals surface area contributed by atoms with Crippen LogP contribution in [0.2, 0.25) is 0 Å². The molecule has 0 spiro atoms. The number of nitrogens with zero attached hydrogens (tertiary/aromatic N) is 4. The number of aromatic nitrogens is 4. The van der Waals surface area contributed by atoms with Gasteiger partial charge in [-0.3, -0.25) is 0 Å². The normalized spacial score (nSPS) is 11.0. The number of fused-ring (bicyclic) bond motifs is 1. The van der Waals surface area contributed by atoms with Gasteiger partial charge in [-0.2, -0.15) is 5.10 Å². The molecule has 0 aliphatic rings. The van der Waals surface area contributed by atoms with Crippen LogP contribution in [-0.4, -0.2) is 19.7 Å². The number of anilines is 2. The molecule has 2 aromatic carbocycles. The number of aryl methyl sites for hydroxylation is 2. The molecule has 4 rings (SSSR count). The highest BCUT2D eigenvalue weighted by atomic mass is 15.3. The predicted molar refractivity (Wildman–Crippen MR) is 105 cm³/mol. The molecule has 0 aliphatic carbocycles. The monoisotopic (exact) mass is 343 g/mol. The smallest absolute Gasteiger partial charge is 0.163 e. The van der Waals surface area contributed by atoms with E-state index in [-0.39, 0.29) is 0 Å². The Kier molecular flexibility index (Phi) is 4.35. The van der Waals surface area contributed by atoms with Crippen LogP contribution in [0.5, 0.6) is 0 Å². The van der Waals surface area contributed by atoms with Crippen molar-refractivity contribution < 1.29 is 0 Å². The van der Waals surface area contributed by atoms with Gasteiger partial charge in [0.25, 0.3) is 0 Å². The Bertz CT molecular complexity index is 1020. The minimum Gasteiger partial charge on any atom is -0.340 e. The van der Waals surface area contributed by atoms with E-state index in [1.54, 1.807) is 6.33 Å². The van der Waals surface area contributed by atoms with Crippen molar-refractivity contribution in [2.75, 3.05) is 5.32 Å². The highest BCUT2D eigenvalue weighted by Gasteiger charge is 2.10. The van der Waals surface area contributed by atoms with Gasteiger partial charge in [-0.1, -0.05) is 48.9 Å². The highest BCUT2D eigenvalue weighted by Crippen LogP contribution is 2.23. The van der Waals surface area contributed by atoms with Gasteiger partial charge in [0.1, 0.15) is 12.1 Å². The van der Waals surface area contributed by atoms with Crippen LogP contribution in [0.3, 0.4) is 0 Å². The van der Waals surface area contributed by atoms with Crippen molar-refractivity contribution in [2.45, 2.75) is 26.8 Å². The first-order valence-electron chi connectivity index (χ1n) is 8.81. The summed E-state index contributed by atoms with van der Waals surface area (Å²) >= 11 is 0. The molecule has 5 heteroatoms. The Hall–Kier alpha value is -3.21. The summed E-state index contributed by atoms with van der Waals surface area (Å²) in [5, 5.41) is 8.81. The Morgan fingerprint density at radius 3 is 2.38 bits per heavy atom. The van der Waals surface area contributed by atoms with Gasteiger partial charge in [-0.05, 0) is 36.6 Å². The van der Waals surface area contributed by atoms with E-state index >= 15 is 0 Å². The fourth-order valence-corrected chi connectivity index (χ4v) is 2.94. The van der Waals surface area contributed by atoms with E-state index in [0.717, 1.165) is 29.0 Å². The second kappa shape index (κ2) is 6.96. The van der Waals surface area contributed by atoms with Crippen molar-refractivity contribution in [3.63, 3.8) is 0 Å². The van der Waals surface area contributed by atoms with Crippen molar-refractivity contribution in [1.29, 1.82) is 0 Å².